The first-order valence-electron chi connectivity index (χ1n) is 7.49. The van der Waals surface area contributed by atoms with Crippen molar-refractivity contribution in [3.05, 3.63) is 11.3 Å². The van der Waals surface area contributed by atoms with Gasteiger partial charge in [-0.05, 0) is 38.6 Å². The molecule has 2 heterocycles. The lowest BCUT2D eigenvalue weighted by molar-refractivity contribution is 0.301. The van der Waals surface area contributed by atoms with Gasteiger partial charge in [0.25, 0.3) is 0 Å². The molecule has 0 amide bonds. The summed E-state index contributed by atoms with van der Waals surface area (Å²) in [6.07, 6.45) is 3.86. The zero-order valence-corrected chi connectivity index (χ0v) is 13.1. The first-order valence-corrected chi connectivity index (χ1v) is 7.49. The van der Waals surface area contributed by atoms with Gasteiger partial charge in [0.05, 0.1) is 5.69 Å². The number of rotatable bonds is 5. The Hall–Kier alpha value is -1.03. The first-order chi connectivity index (χ1) is 9.06. The van der Waals surface area contributed by atoms with E-state index >= 15 is 0 Å². The lowest BCUT2D eigenvalue weighted by Crippen LogP contribution is -2.28. The summed E-state index contributed by atoms with van der Waals surface area (Å²) in [7, 11) is 4.07. The van der Waals surface area contributed by atoms with E-state index in [1.807, 2.05) is 7.05 Å². The van der Waals surface area contributed by atoms with E-state index in [1.165, 1.54) is 37.2 Å². The molecule has 1 aliphatic rings. The monoisotopic (exact) mass is 264 g/mol. The van der Waals surface area contributed by atoms with E-state index in [0.29, 0.717) is 5.41 Å². The molecule has 0 radical (unpaired) electrons. The summed E-state index contributed by atoms with van der Waals surface area (Å²) in [6, 6.07) is 0. The lowest BCUT2D eigenvalue weighted by Gasteiger charge is -2.27. The fourth-order valence-corrected chi connectivity index (χ4v) is 3.41. The van der Waals surface area contributed by atoms with Crippen LogP contribution >= 0.6 is 0 Å². The molecule has 0 unspecified atom stereocenters. The standard InChI is InChI=1S/C15H28N4/c1-6-15(7-2)8-9-19(11-15)14-13(10-16-4)12(3)17-18(14)5/h16H,6-11H2,1-5H3. The number of hydrogen-bond donors (Lipinski definition) is 1. The van der Waals surface area contributed by atoms with Gasteiger partial charge in [-0.15, -0.1) is 0 Å². The van der Waals surface area contributed by atoms with Crippen LogP contribution in [0.2, 0.25) is 0 Å². The fourth-order valence-electron chi connectivity index (χ4n) is 3.41. The topological polar surface area (TPSA) is 33.1 Å². The third kappa shape index (κ3) is 2.50. The van der Waals surface area contributed by atoms with Crippen LogP contribution in [0.5, 0.6) is 0 Å². The maximum Gasteiger partial charge on any atom is 0.131 e. The van der Waals surface area contributed by atoms with E-state index in [4.69, 9.17) is 0 Å². The molecule has 4 heteroatoms. The SMILES string of the molecule is CCC1(CC)CCN(c2c(CNC)c(C)nn2C)C1. The van der Waals surface area contributed by atoms with Crippen LogP contribution in [0.3, 0.4) is 0 Å². The first kappa shape index (κ1) is 14.4. The zero-order valence-electron chi connectivity index (χ0n) is 13.1. The van der Waals surface area contributed by atoms with E-state index < -0.39 is 0 Å². The highest BCUT2D eigenvalue weighted by Gasteiger charge is 2.36. The summed E-state index contributed by atoms with van der Waals surface area (Å²) in [4.78, 5) is 2.54. The molecule has 0 aromatic carbocycles. The Balaban J connectivity index is 2.28. The van der Waals surface area contributed by atoms with Crippen LogP contribution in [0.15, 0.2) is 0 Å². The molecule has 0 bridgehead atoms. The van der Waals surface area contributed by atoms with Gasteiger partial charge in [0, 0.05) is 32.2 Å². The second-order valence-electron chi connectivity index (χ2n) is 5.92. The molecule has 1 aliphatic heterocycles. The predicted molar refractivity (Wildman–Crippen MR) is 80.6 cm³/mol. The average Bonchev–Trinajstić information content (AvgIpc) is 2.93. The highest BCUT2D eigenvalue weighted by molar-refractivity contribution is 5.51. The summed E-state index contributed by atoms with van der Waals surface area (Å²) in [5.41, 5.74) is 3.01. The maximum absolute atomic E-state index is 4.61. The number of hydrogen-bond acceptors (Lipinski definition) is 3. The highest BCUT2D eigenvalue weighted by atomic mass is 15.4. The summed E-state index contributed by atoms with van der Waals surface area (Å²) < 4.78 is 2.06. The van der Waals surface area contributed by atoms with Crippen LogP contribution in [0.4, 0.5) is 5.82 Å². The van der Waals surface area contributed by atoms with Crippen molar-refractivity contribution in [3.63, 3.8) is 0 Å². The van der Waals surface area contributed by atoms with Crippen LogP contribution in [-0.2, 0) is 13.6 Å². The minimum Gasteiger partial charge on any atom is -0.356 e. The van der Waals surface area contributed by atoms with E-state index in [1.54, 1.807) is 0 Å². The van der Waals surface area contributed by atoms with Crippen molar-refractivity contribution in [2.24, 2.45) is 12.5 Å². The van der Waals surface area contributed by atoms with Crippen molar-refractivity contribution in [1.82, 2.24) is 15.1 Å². The van der Waals surface area contributed by atoms with Crippen molar-refractivity contribution >= 4 is 5.82 Å². The van der Waals surface area contributed by atoms with E-state index in [-0.39, 0.29) is 0 Å². The van der Waals surface area contributed by atoms with E-state index in [2.05, 4.69) is 47.8 Å². The van der Waals surface area contributed by atoms with Crippen LogP contribution in [0.1, 0.15) is 44.4 Å². The van der Waals surface area contributed by atoms with Crippen molar-refractivity contribution in [2.45, 2.75) is 46.6 Å². The van der Waals surface area contributed by atoms with Gasteiger partial charge < -0.3 is 10.2 Å². The van der Waals surface area contributed by atoms with Crippen molar-refractivity contribution < 1.29 is 0 Å². The van der Waals surface area contributed by atoms with E-state index in [0.717, 1.165) is 18.8 Å². The van der Waals surface area contributed by atoms with Gasteiger partial charge in [-0.1, -0.05) is 13.8 Å². The molecule has 1 aromatic rings. The summed E-state index contributed by atoms with van der Waals surface area (Å²) in [5, 5.41) is 7.88. The Bertz CT molecular complexity index is 432. The average molecular weight is 264 g/mol. The van der Waals surface area contributed by atoms with E-state index in [9.17, 15) is 0 Å². The lowest BCUT2D eigenvalue weighted by atomic mass is 9.82. The van der Waals surface area contributed by atoms with Crippen LogP contribution in [-0.4, -0.2) is 29.9 Å². The summed E-state index contributed by atoms with van der Waals surface area (Å²) in [6.45, 7) is 10.0. The Morgan fingerprint density at radius 3 is 2.53 bits per heavy atom. The molecule has 0 atom stereocenters. The number of anilines is 1. The molecular formula is C15H28N4. The second kappa shape index (κ2) is 5.53. The third-order valence-electron chi connectivity index (χ3n) is 4.90. The smallest absolute Gasteiger partial charge is 0.131 e. The molecule has 19 heavy (non-hydrogen) atoms. The number of aryl methyl sites for hydroxylation is 2. The van der Waals surface area contributed by atoms with Crippen molar-refractivity contribution in [3.8, 4) is 0 Å². The van der Waals surface area contributed by atoms with Gasteiger partial charge in [0.15, 0.2) is 0 Å². The maximum atomic E-state index is 4.61. The number of nitrogens with zero attached hydrogens (tertiary/aromatic N) is 3. The Morgan fingerprint density at radius 1 is 1.32 bits per heavy atom. The molecule has 1 saturated heterocycles. The van der Waals surface area contributed by atoms with Crippen molar-refractivity contribution in [2.75, 3.05) is 25.0 Å². The molecule has 1 fully saturated rings. The molecule has 2 rings (SSSR count). The molecule has 108 valence electrons. The highest BCUT2D eigenvalue weighted by Crippen LogP contribution is 2.40. The van der Waals surface area contributed by atoms with Gasteiger partial charge in [0.2, 0.25) is 0 Å². The molecule has 0 aliphatic carbocycles. The largest absolute Gasteiger partial charge is 0.356 e. The van der Waals surface area contributed by atoms with Crippen molar-refractivity contribution in [1.29, 1.82) is 0 Å². The zero-order chi connectivity index (χ0) is 14.0. The fraction of sp³-hybridized carbons (Fsp3) is 0.800. The van der Waals surface area contributed by atoms with Crippen LogP contribution in [0, 0.1) is 12.3 Å². The summed E-state index contributed by atoms with van der Waals surface area (Å²) >= 11 is 0. The summed E-state index contributed by atoms with van der Waals surface area (Å²) in [5.74, 6) is 1.32. The predicted octanol–water partition coefficient (Wildman–Crippen LogP) is 2.46. The number of nitrogens with one attached hydrogen (secondary N) is 1. The van der Waals surface area contributed by atoms with Gasteiger partial charge in [-0.3, -0.25) is 4.68 Å². The molecule has 4 nitrogen and oxygen atoms in total. The third-order valence-corrected chi connectivity index (χ3v) is 4.90. The minimum absolute atomic E-state index is 0.509. The van der Waals surface area contributed by atoms with Gasteiger partial charge in [-0.2, -0.15) is 5.10 Å². The van der Waals surface area contributed by atoms with Gasteiger partial charge in [0.1, 0.15) is 5.82 Å². The molecule has 0 spiro atoms. The van der Waals surface area contributed by atoms with Gasteiger partial charge >= 0.3 is 0 Å². The minimum atomic E-state index is 0.509. The second-order valence-corrected chi connectivity index (χ2v) is 5.92. The molecule has 0 saturated carbocycles. The van der Waals surface area contributed by atoms with Crippen LogP contribution < -0.4 is 10.2 Å². The number of aromatic nitrogens is 2. The Labute approximate surface area is 117 Å². The van der Waals surface area contributed by atoms with Gasteiger partial charge in [-0.25, -0.2) is 0 Å². The molecule has 1 N–H and O–H groups in total. The normalized spacial score (nSPS) is 18.3. The molecule has 1 aromatic heterocycles. The quantitative estimate of drug-likeness (QED) is 0.887. The Morgan fingerprint density at radius 2 is 2.00 bits per heavy atom. The Kier molecular flexibility index (Phi) is 4.19. The molecular weight excluding hydrogens is 236 g/mol. The van der Waals surface area contributed by atoms with Crippen LogP contribution in [0.25, 0.3) is 0 Å².